The Morgan fingerprint density at radius 1 is 1.00 bits per heavy atom. The first kappa shape index (κ1) is 10.5. The Balaban J connectivity index is 4.01. The molecule has 0 spiro atoms. The van der Waals surface area contributed by atoms with E-state index in [-0.39, 0.29) is 0 Å². The molecule has 0 aliphatic carbocycles. The second-order valence-electron chi connectivity index (χ2n) is 1.07. The predicted octanol–water partition coefficient (Wildman–Crippen LogP) is 3.80. The fourth-order valence-electron chi connectivity index (χ4n) is 0.183. The van der Waals surface area contributed by atoms with Gasteiger partial charge in [-0.3, -0.25) is 0 Å². The van der Waals surface area contributed by atoms with Crippen molar-refractivity contribution in [2.45, 2.75) is 0 Å². The molecule has 0 fully saturated rings. The van der Waals surface area contributed by atoms with Crippen LogP contribution < -0.4 is 0 Å². The molecule has 0 rings (SSSR count). The molecule has 0 amide bonds. The molecule has 0 N–H and O–H groups in total. The van der Waals surface area contributed by atoms with Crippen molar-refractivity contribution in [2.24, 2.45) is 0 Å². The van der Waals surface area contributed by atoms with E-state index < -0.39 is 9.23 Å². The molecule has 0 saturated carbocycles. The van der Waals surface area contributed by atoms with E-state index in [1.54, 1.807) is 0 Å². The zero-order valence-electron chi connectivity index (χ0n) is 4.23. The van der Waals surface area contributed by atoms with Gasteiger partial charge in [0.1, 0.15) is 0 Å². The Labute approximate surface area is 80.9 Å². The van der Waals surface area contributed by atoms with Gasteiger partial charge in [0, 0.05) is 0 Å². The summed E-state index contributed by atoms with van der Waals surface area (Å²) < 4.78 is 0. The summed E-state index contributed by atoms with van der Waals surface area (Å²) in [5.74, 6) is 0. The predicted molar refractivity (Wildman–Crippen MR) is 53.6 cm³/mol. The molecule has 9 heavy (non-hydrogen) atoms. The molecule has 0 nitrogen and oxygen atoms in total. The first-order chi connectivity index (χ1) is 4.12. The van der Waals surface area contributed by atoms with Gasteiger partial charge in [-0.05, 0) is 0 Å². The molecule has 0 aliphatic heterocycles. The van der Waals surface area contributed by atoms with Gasteiger partial charge in [-0.15, -0.1) is 0 Å². The first-order valence-corrected chi connectivity index (χ1v) is 12.8. The number of hydrogen-bond donors (Lipinski definition) is 0. The van der Waals surface area contributed by atoms with Crippen LogP contribution in [0.4, 0.5) is 0 Å². The van der Waals surface area contributed by atoms with Gasteiger partial charge in [-0.2, -0.15) is 0 Å². The minimum absolute atomic E-state index is 1.47. The van der Waals surface area contributed by atoms with Crippen LogP contribution in [-0.4, -0.2) is 9.23 Å². The van der Waals surface area contributed by atoms with E-state index in [4.69, 9.17) is 23.2 Å². The third kappa shape index (κ3) is 5.96. The van der Waals surface area contributed by atoms with Crippen LogP contribution >= 0.6 is 51.4 Å². The van der Waals surface area contributed by atoms with Gasteiger partial charge in [0.25, 0.3) is 0 Å². The van der Waals surface area contributed by atoms with E-state index in [1.807, 2.05) is 9.95 Å². The monoisotopic (exact) mass is 360 g/mol. The zero-order valence-corrected chi connectivity index (χ0v) is 10.6. The van der Waals surface area contributed by atoms with E-state index in [0.717, 1.165) is 0 Å². The van der Waals surface area contributed by atoms with Gasteiger partial charge in [0.15, 0.2) is 0 Å². The molecule has 54 valence electrons. The summed E-state index contributed by atoms with van der Waals surface area (Å²) in [7, 11) is -1.87. The van der Waals surface area contributed by atoms with Crippen LogP contribution in [-0.2, 0) is 0 Å². The minimum atomic E-state index is -1.87. The van der Waals surface area contributed by atoms with Crippen LogP contribution in [0.15, 0.2) is 21.0 Å². The van der Waals surface area contributed by atoms with Crippen LogP contribution in [0, 0.1) is 0 Å². The molecular weight excluding hydrogens is 358 g/mol. The van der Waals surface area contributed by atoms with Crippen molar-refractivity contribution in [3.63, 3.8) is 0 Å². The van der Waals surface area contributed by atoms with E-state index in [2.05, 4.69) is 28.2 Å². The number of halogens is 4. The molecule has 0 aromatic carbocycles. The fraction of sp³-hybridized carbons (Fsp3) is 0. The standard InChI is InChI=1S/C4H4Br2Cl2Se/c5-9(6,3-1-7)4-2-8/h1-4H/b3-1+,4-2+. The van der Waals surface area contributed by atoms with Crippen LogP contribution in [0.5, 0.6) is 0 Å². The first-order valence-electron chi connectivity index (χ1n) is 1.88. The number of hydrogen-bond acceptors (Lipinski definition) is 0. The average molecular weight is 362 g/mol. The Kier molecular flexibility index (Phi) is 6.12. The molecule has 0 aromatic rings. The van der Waals surface area contributed by atoms with Gasteiger partial charge in [-0.25, -0.2) is 0 Å². The maximum absolute atomic E-state index is 5.34. The molecule has 0 atom stereocenters. The molecule has 0 heterocycles. The topological polar surface area (TPSA) is 0 Å². The zero-order chi connectivity index (χ0) is 7.33. The summed E-state index contributed by atoms with van der Waals surface area (Å²) in [6.45, 7) is 0. The molecule has 0 radical (unpaired) electrons. The molecular formula is C4H4Br2Cl2Se. The molecule has 0 unspecified atom stereocenters. The second-order valence-corrected chi connectivity index (χ2v) is 20.7. The van der Waals surface area contributed by atoms with Crippen molar-refractivity contribution in [1.82, 2.24) is 0 Å². The van der Waals surface area contributed by atoms with Gasteiger partial charge >= 0.3 is 81.7 Å². The molecule has 0 aliphatic rings. The Morgan fingerprint density at radius 2 is 1.33 bits per heavy atom. The molecule has 0 bridgehead atoms. The molecule has 5 heteroatoms. The van der Waals surface area contributed by atoms with Crippen molar-refractivity contribution in [3.05, 3.63) is 21.0 Å². The van der Waals surface area contributed by atoms with Gasteiger partial charge in [0.2, 0.25) is 0 Å². The quantitative estimate of drug-likeness (QED) is 0.656. The average Bonchev–Trinajstić information content (AvgIpc) is 1.64. The Morgan fingerprint density at radius 3 is 1.56 bits per heavy atom. The normalized spacial score (nSPS) is 15.6. The van der Waals surface area contributed by atoms with Crippen molar-refractivity contribution in [2.75, 3.05) is 0 Å². The van der Waals surface area contributed by atoms with Crippen LogP contribution in [0.1, 0.15) is 0 Å². The van der Waals surface area contributed by atoms with Crippen molar-refractivity contribution in [1.29, 1.82) is 0 Å². The van der Waals surface area contributed by atoms with E-state index in [1.165, 1.54) is 11.1 Å². The Hall–Kier alpha value is 1.54. The third-order valence-corrected chi connectivity index (χ3v) is 7.97. The summed E-state index contributed by atoms with van der Waals surface area (Å²) in [6, 6.07) is 0. The third-order valence-electron chi connectivity index (χ3n) is 0.466. The summed E-state index contributed by atoms with van der Waals surface area (Å²) in [5.41, 5.74) is 2.95. The summed E-state index contributed by atoms with van der Waals surface area (Å²) in [4.78, 5) is 3.72. The van der Waals surface area contributed by atoms with Crippen molar-refractivity contribution >= 4 is 60.7 Å². The maximum atomic E-state index is 5.34. The van der Waals surface area contributed by atoms with E-state index in [9.17, 15) is 0 Å². The van der Waals surface area contributed by atoms with Crippen molar-refractivity contribution in [3.8, 4) is 0 Å². The SMILES string of the molecule is Cl/C=C/[Se](Br)(Br)/C=C/Cl. The van der Waals surface area contributed by atoms with Crippen molar-refractivity contribution < 1.29 is 0 Å². The van der Waals surface area contributed by atoms with Crippen LogP contribution in [0.2, 0.25) is 0 Å². The second kappa shape index (κ2) is 5.22. The summed E-state index contributed by atoms with van der Waals surface area (Å²) in [5, 5.41) is 0. The van der Waals surface area contributed by atoms with E-state index in [0.29, 0.717) is 0 Å². The van der Waals surface area contributed by atoms with E-state index >= 15 is 0 Å². The molecule has 0 aromatic heterocycles. The van der Waals surface area contributed by atoms with Crippen LogP contribution in [0.3, 0.4) is 0 Å². The summed E-state index contributed by atoms with van der Waals surface area (Å²) >= 11 is 17.6. The summed E-state index contributed by atoms with van der Waals surface area (Å²) in [6.07, 6.45) is 0. The van der Waals surface area contributed by atoms with Gasteiger partial charge in [0.05, 0.1) is 0 Å². The number of rotatable bonds is 2. The molecule has 0 saturated heterocycles. The van der Waals surface area contributed by atoms with Gasteiger partial charge in [-0.1, -0.05) is 0 Å². The fourth-order valence-corrected chi connectivity index (χ4v) is 7.46. The Bertz CT molecular complexity index is 119. The van der Waals surface area contributed by atoms with Crippen LogP contribution in [0.25, 0.3) is 0 Å². The van der Waals surface area contributed by atoms with Gasteiger partial charge < -0.3 is 0 Å².